The minimum atomic E-state index is -0.0460. The lowest BCUT2D eigenvalue weighted by atomic mass is 9.97. The summed E-state index contributed by atoms with van der Waals surface area (Å²) in [5, 5.41) is 4.19. The number of piperazine rings is 1. The first-order valence-electron chi connectivity index (χ1n) is 7.29. The lowest BCUT2D eigenvalue weighted by Crippen LogP contribution is -2.55. The molecule has 3 nitrogen and oxygen atoms in total. The normalized spacial score (nSPS) is 20.3. The van der Waals surface area contributed by atoms with Crippen molar-refractivity contribution in [3.8, 4) is 0 Å². The molecular weight excluding hydrogens is 282 g/mol. The number of nitrogens with zero attached hydrogens (tertiary/aromatic N) is 1. The van der Waals surface area contributed by atoms with Gasteiger partial charge in [0.05, 0.1) is 12.1 Å². The van der Waals surface area contributed by atoms with E-state index in [4.69, 9.17) is 17.3 Å². The van der Waals surface area contributed by atoms with Crippen molar-refractivity contribution in [3.05, 3.63) is 65.2 Å². The molecule has 0 radical (unpaired) electrons. The highest BCUT2D eigenvalue weighted by Crippen LogP contribution is 2.26. The zero-order valence-electron chi connectivity index (χ0n) is 11.9. The number of nitrogens with one attached hydrogen (secondary N) is 1. The van der Waals surface area contributed by atoms with Crippen LogP contribution in [0.3, 0.4) is 0 Å². The van der Waals surface area contributed by atoms with Gasteiger partial charge in [-0.05, 0) is 29.8 Å². The van der Waals surface area contributed by atoms with Crippen LogP contribution in [-0.4, -0.2) is 25.7 Å². The van der Waals surface area contributed by atoms with Gasteiger partial charge in [-0.2, -0.15) is 0 Å². The largest absolute Gasteiger partial charge is 0.364 e. The van der Waals surface area contributed by atoms with Crippen molar-refractivity contribution in [2.75, 3.05) is 24.5 Å². The zero-order chi connectivity index (χ0) is 14.7. The summed E-state index contributed by atoms with van der Waals surface area (Å²) in [6, 6.07) is 18.5. The number of benzene rings is 2. The maximum atomic E-state index is 6.52. The van der Waals surface area contributed by atoms with E-state index in [0.29, 0.717) is 0 Å². The van der Waals surface area contributed by atoms with Crippen LogP contribution in [0, 0.1) is 0 Å². The first-order chi connectivity index (χ1) is 10.3. The number of nitrogens with two attached hydrogens (primary N) is 1. The van der Waals surface area contributed by atoms with Gasteiger partial charge in [-0.1, -0.05) is 41.9 Å². The minimum absolute atomic E-state index is 0.0460. The van der Waals surface area contributed by atoms with Crippen LogP contribution in [-0.2, 0) is 0 Å². The molecule has 2 unspecified atom stereocenters. The van der Waals surface area contributed by atoms with Crippen LogP contribution < -0.4 is 16.0 Å². The molecule has 0 aliphatic carbocycles. The average Bonchev–Trinajstić information content (AvgIpc) is 2.56. The molecular formula is C17H20ClN3. The third-order valence-electron chi connectivity index (χ3n) is 4.04. The molecule has 0 amide bonds. The fraction of sp³-hybridized carbons (Fsp3) is 0.294. The summed E-state index contributed by atoms with van der Waals surface area (Å²) < 4.78 is 0. The summed E-state index contributed by atoms with van der Waals surface area (Å²) in [4.78, 5) is 2.40. The van der Waals surface area contributed by atoms with Gasteiger partial charge in [0.1, 0.15) is 0 Å². The van der Waals surface area contributed by atoms with E-state index in [0.717, 1.165) is 30.2 Å². The van der Waals surface area contributed by atoms with Crippen molar-refractivity contribution >= 4 is 17.3 Å². The highest BCUT2D eigenvalue weighted by atomic mass is 35.5. The highest BCUT2D eigenvalue weighted by molar-refractivity contribution is 6.30. The quantitative estimate of drug-likeness (QED) is 0.916. The molecule has 1 fully saturated rings. The van der Waals surface area contributed by atoms with Crippen molar-refractivity contribution in [2.45, 2.75) is 12.1 Å². The maximum absolute atomic E-state index is 6.52. The summed E-state index contributed by atoms with van der Waals surface area (Å²) in [6.45, 7) is 2.84. The molecule has 110 valence electrons. The van der Waals surface area contributed by atoms with Crippen molar-refractivity contribution in [1.29, 1.82) is 0 Å². The van der Waals surface area contributed by atoms with Gasteiger partial charge < -0.3 is 16.0 Å². The second-order valence-electron chi connectivity index (χ2n) is 5.38. The molecule has 1 heterocycles. The van der Waals surface area contributed by atoms with E-state index >= 15 is 0 Å². The van der Waals surface area contributed by atoms with Crippen LogP contribution >= 0.6 is 11.6 Å². The second kappa shape index (κ2) is 6.48. The monoisotopic (exact) mass is 301 g/mol. The van der Waals surface area contributed by atoms with Gasteiger partial charge in [0, 0.05) is 30.3 Å². The van der Waals surface area contributed by atoms with E-state index in [9.17, 15) is 0 Å². The molecule has 1 aliphatic heterocycles. The molecule has 2 aromatic rings. The number of rotatable bonds is 3. The molecule has 4 heteroatoms. The van der Waals surface area contributed by atoms with Gasteiger partial charge >= 0.3 is 0 Å². The van der Waals surface area contributed by atoms with Crippen LogP contribution in [0.4, 0.5) is 5.69 Å². The van der Waals surface area contributed by atoms with Crippen LogP contribution in [0.25, 0.3) is 0 Å². The summed E-state index contributed by atoms with van der Waals surface area (Å²) in [5.41, 5.74) is 8.87. The van der Waals surface area contributed by atoms with Crippen molar-refractivity contribution in [3.63, 3.8) is 0 Å². The molecule has 0 aromatic heterocycles. The van der Waals surface area contributed by atoms with Gasteiger partial charge in [-0.15, -0.1) is 0 Å². The fourth-order valence-corrected chi connectivity index (χ4v) is 3.02. The maximum Gasteiger partial charge on any atom is 0.0607 e. The third kappa shape index (κ3) is 3.21. The Morgan fingerprint density at radius 3 is 2.52 bits per heavy atom. The van der Waals surface area contributed by atoms with Crippen molar-refractivity contribution in [2.24, 2.45) is 5.73 Å². The Balaban J connectivity index is 1.85. The van der Waals surface area contributed by atoms with Gasteiger partial charge in [0.15, 0.2) is 0 Å². The van der Waals surface area contributed by atoms with Crippen molar-refractivity contribution in [1.82, 2.24) is 5.32 Å². The van der Waals surface area contributed by atoms with Gasteiger partial charge in [0.2, 0.25) is 0 Å². The Labute approximate surface area is 130 Å². The van der Waals surface area contributed by atoms with Crippen LogP contribution in [0.2, 0.25) is 5.02 Å². The highest BCUT2D eigenvalue weighted by Gasteiger charge is 2.28. The third-order valence-corrected chi connectivity index (χ3v) is 4.29. The van der Waals surface area contributed by atoms with Gasteiger partial charge in [-0.25, -0.2) is 0 Å². The Morgan fingerprint density at radius 1 is 1.10 bits per heavy atom. The first kappa shape index (κ1) is 14.4. The zero-order valence-corrected chi connectivity index (χ0v) is 12.6. The lowest BCUT2D eigenvalue weighted by molar-refractivity contribution is 0.421. The molecule has 0 saturated carbocycles. The number of anilines is 1. The predicted molar refractivity (Wildman–Crippen MR) is 88.8 cm³/mol. The van der Waals surface area contributed by atoms with E-state index in [1.54, 1.807) is 0 Å². The molecule has 3 rings (SSSR count). The summed E-state index contributed by atoms with van der Waals surface area (Å²) in [5.74, 6) is 0. The molecule has 1 saturated heterocycles. The van der Waals surface area contributed by atoms with Crippen LogP contribution in [0.5, 0.6) is 0 Å². The molecule has 2 atom stereocenters. The van der Waals surface area contributed by atoms with Crippen molar-refractivity contribution < 1.29 is 0 Å². The minimum Gasteiger partial charge on any atom is -0.364 e. The van der Waals surface area contributed by atoms with Crippen LogP contribution in [0.15, 0.2) is 54.6 Å². The average molecular weight is 302 g/mol. The second-order valence-corrected chi connectivity index (χ2v) is 5.81. The number of halogens is 1. The van der Waals surface area contributed by atoms with Gasteiger partial charge in [-0.3, -0.25) is 0 Å². The Kier molecular flexibility index (Phi) is 4.44. The van der Waals surface area contributed by atoms with E-state index in [-0.39, 0.29) is 12.1 Å². The molecule has 2 aromatic carbocycles. The Hall–Kier alpha value is -1.55. The SMILES string of the molecule is NC(c1ccc(Cl)cc1)C1CNCCN1c1ccccc1. The van der Waals surface area contributed by atoms with E-state index in [2.05, 4.69) is 34.5 Å². The Morgan fingerprint density at radius 2 is 1.81 bits per heavy atom. The number of hydrogen-bond donors (Lipinski definition) is 2. The molecule has 3 N–H and O–H groups in total. The Bertz CT molecular complexity index is 570. The predicted octanol–water partition coefficient (Wildman–Crippen LogP) is 2.82. The van der Waals surface area contributed by atoms with E-state index in [1.165, 1.54) is 5.69 Å². The van der Waals surface area contributed by atoms with Crippen LogP contribution in [0.1, 0.15) is 11.6 Å². The van der Waals surface area contributed by atoms with Gasteiger partial charge in [0.25, 0.3) is 0 Å². The molecule has 21 heavy (non-hydrogen) atoms. The van der Waals surface area contributed by atoms with E-state index in [1.807, 2.05) is 30.3 Å². The first-order valence-corrected chi connectivity index (χ1v) is 7.67. The summed E-state index contributed by atoms with van der Waals surface area (Å²) in [7, 11) is 0. The fourth-order valence-electron chi connectivity index (χ4n) is 2.89. The molecule has 1 aliphatic rings. The topological polar surface area (TPSA) is 41.3 Å². The standard InChI is InChI=1S/C17H20ClN3/c18-14-8-6-13(7-9-14)17(19)16-12-20-10-11-21(16)15-4-2-1-3-5-15/h1-9,16-17,20H,10-12,19H2. The number of para-hydroxylation sites is 1. The van der Waals surface area contributed by atoms with E-state index < -0.39 is 0 Å². The molecule has 0 bridgehead atoms. The smallest absolute Gasteiger partial charge is 0.0607 e. The number of hydrogen-bond acceptors (Lipinski definition) is 3. The summed E-state index contributed by atoms with van der Waals surface area (Å²) >= 11 is 5.96. The summed E-state index contributed by atoms with van der Waals surface area (Å²) in [6.07, 6.45) is 0. The molecule has 0 spiro atoms. The lowest BCUT2D eigenvalue weighted by Gasteiger charge is -2.41.